The van der Waals surface area contributed by atoms with Crippen molar-refractivity contribution in [3.63, 3.8) is 0 Å². The van der Waals surface area contributed by atoms with Crippen LogP contribution in [0.3, 0.4) is 0 Å². The summed E-state index contributed by atoms with van der Waals surface area (Å²) in [6.45, 7) is 1.90. The molecule has 0 aromatic rings. The van der Waals surface area contributed by atoms with Crippen molar-refractivity contribution in [1.82, 2.24) is 5.01 Å². The monoisotopic (exact) mass is 263 g/mol. The van der Waals surface area contributed by atoms with E-state index in [1.807, 2.05) is 19.1 Å². The van der Waals surface area contributed by atoms with Crippen molar-refractivity contribution in [3.05, 3.63) is 23.9 Å². The molecule has 1 unspecified atom stereocenters. The fraction of sp³-hybridized carbons (Fsp3) is 0.500. The second-order valence-electron chi connectivity index (χ2n) is 4.45. The van der Waals surface area contributed by atoms with Crippen LogP contribution in [0.15, 0.2) is 29.0 Å². The molecular weight excluding hydrogens is 242 g/mol. The highest BCUT2D eigenvalue weighted by Crippen LogP contribution is 2.13. The highest BCUT2D eigenvalue weighted by molar-refractivity contribution is 6.44. The van der Waals surface area contributed by atoms with E-state index in [0.29, 0.717) is 19.1 Å². The Labute approximate surface area is 113 Å². The summed E-state index contributed by atoms with van der Waals surface area (Å²) in [5.74, 6) is -0.172. The number of rotatable bonds is 7. The first-order valence-electron chi connectivity index (χ1n) is 6.53. The zero-order valence-corrected chi connectivity index (χ0v) is 11.5. The molecule has 0 radical (unpaired) electrons. The number of aldehydes is 1. The molecule has 104 valence electrons. The van der Waals surface area contributed by atoms with Gasteiger partial charge in [-0.25, -0.2) is 0 Å². The van der Waals surface area contributed by atoms with Crippen molar-refractivity contribution in [2.45, 2.75) is 38.6 Å². The Morgan fingerprint density at radius 1 is 1.58 bits per heavy atom. The molecule has 0 aliphatic heterocycles. The van der Waals surface area contributed by atoms with E-state index in [9.17, 15) is 9.59 Å². The number of hydrazone groups is 1. The Morgan fingerprint density at radius 3 is 2.84 bits per heavy atom. The molecule has 0 amide bonds. The normalized spacial score (nSPS) is 16.8. The van der Waals surface area contributed by atoms with Crippen LogP contribution in [-0.2, 0) is 9.59 Å². The third-order valence-electron chi connectivity index (χ3n) is 2.83. The molecule has 0 aromatic heterocycles. The van der Waals surface area contributed by atoms with Crippen molar-refractivity contribution < 1.29 is 9.59 Å². The Kier molecular flexibility index (Phi) is 6.15. The second-order valence-corrected chi connectivity index (χ2v) is 4.45. The predicted molar refractivity (Wildman–Crippen MR) is 75.6 cm³/mol. The lowest BCUT2D eigenvalue weighted by atomic mass is 10.1. The minimum absolute atomic E-state index is 0.124. The van der Waals surface area contributed by atoms with Crippen molar-refractivity contribution in [1.29, 1.82) is 0 Å². The maximum atomic E-state index is 11.9. The van der Waals surface area contributed by atoms with Gasteiger partial charge in [0.15, 0.2) is 5.78 Å². The first-order valence-corrected chi connectivity index (χ1v) is 6.53. The number of carbonyl (C=O) groups is 2. The molecule has 5 heteroatoms. The quantitative estimate of drug-likeness (QED) is 0.428. The number of nitrogens with zero attached hydrogens (tertiary/aromatic N) is 2. The van der Waals surface area contributed by atoms with Gasteiger partial charge in [0.2, 0.25) is 0 Å². The highest BCUT2D eigenvalue weighted by atomic mass is 16.1. The van der Waals surface area contributed by atoms with Crippen molar-refractivity contribution in [2.24, 2.45) is 10.8 Å². The first-order chi connectivity index (χ1) is 9.10. The topological polar surface area (TPSA) is 75.8 Å². The highest BCUT2D eigenvalue weighted by Gasteiger charge is 2.19. The van der Waals surface area contributed by atoms with Crippen LogP contribution in [0.2, 0.25) is 0 Å². The summed E-state index contributed by atoms with van der Waals surface area (Å²) >= 11 is 0. The average molecular weight is 263 g/mol. The lowest BCUT2D eigenvalue weighted by Crippen LogP contribution is -2.39. The third kappa shape index (κ3) is 4.44. The smallest absolute Gasteiger partial charge is 0.180 e. The van der Waals surface area contributed by atoms with E-state index >= 15 is 0 Å². The Bertz CT molecular complexity index is 424. The molecule has 1 atom stereocenters. The van der Waals surface area contributed by atoms with Crippen molar-refractivity contribution in [3.8, 4) is 0 Å². The summed E-state index contributed by atoms with van der Waals surface area (Å²) in [7, 11) is 1.75. The van der Waals surface area contributed by atoms with Gasteiger partial charge in [-0.2, -0.15) is 5.10 Å². The van der Waals surface area contributed by atoms with Crippen LogP contribution in [0.1, 0.15) is 32.6 Å². The van der Waals surface area contributed by atoms with Gasteiger partial charge in [-0.05, 0) is 25.3 Å². The number of allylic oxidation sites excluding steroid dienone is 3. The van der Waals surface area contributed by atoms with E-state index in [1.54, 1.807) is 12.1 Å². The van der Waals surface area contributed by atoms with Gasteiger partial charge in [0.05, 0.1) is 5.70 Å². The first kappa shape index (κ1) is 15.3. The van der Waals surface area contributed by atoms with Crippen LogP contribution in [0.4, 0.5) is 0 Å². The van der Waals surface area contributed by atoms with E-state index in [2.05, 4.69) is 11.2 Å². The van der Waals surface area contributed by atoms with Crippen LogP contribution >= 0.6 is 0 Å². The summed E-state index contributed by atoms with van der Waals surface area (Å²) in [4.78, 5) is 22.7. The molecule has 1 aliphatic rings. The molecule has 0 spiro atoms. The second kappa shape index (κ2) is 7.63. The Morgan fingerprint density at radius 2 is 2.32 bits per heavy atom. The van der Waals surface area contributed by atoms with Gasteiger partial charge in [-0.1, -0.05) is 19.1 Å². The molecule has 0 aromatic carbocycles. The minimum atomic E-state index is -0.963. The summed E-state index contributed by atoms with van der Waals surface area (Å²) in [5.41, 5.74) is 6.68. The summed E-state index contributed by atoms with van der Waals surface area (Å²) in [6.07, 6.45) is 9.60. The van der Waals surface area contributed by atoms with Crippen LogP contribution in [0, 0.1) is 0 Å². The molecular formula is C14H21N3O2. The summed E-state index contributed by atoms with van der Waals surface area (Å²) in [6, 6.07) is -0.963. The van der Waals surface area contributed by atoms with Gasteiger partial charge in [0.25, 0.3) is 0 Å². The molecule has 0 saturated heterocycles. The largest absolute Gasteiger partial charge is 0.317 e. The SMILES string of the molecule is CCCC(=O)/C(=N/N(C)C1=CCCC=C1)C(N)C=O. The molecule has 5 nitrogen and oxygen atoms in total. The van der Waals surface area contributed by atoms with Crippen LogP contribution in [-0.4, -0.2) is 35.9 Å². The molecule has 0 fully saturated rings. The zero-order chi connectivity index (χ0) is 14.3. The van der Waals surface area contributed by atoms with Gasteiger partial charge < -0.3 is 10.5 Å². The number of hydrogen-bond donors (Lipinski definition) is 1. The number of hydrogen-bond acceptors (Lipinski definition) is 5. The average Bonchev–Trinajstić information content (AvgIpc) is 2.44. The number of carbonyl (C=O) groups excluding carboxylic acids is 2. The number of nitrogens with two attached hydrogens (primary N) is 1. The third-order valence-corrected chi connectivity index (χ3v) is 2.83. The van der Waals surface area contributed by atoms with Gasteiger partial charge >= 0.3 is 0 Å². The van der Waals surface area contributed by atoms with Gasteiger partial charge in [0, 0.05) is 13.5 Å². The Balaban J connectivity index is 2.92. The zero-order valence-electron chi connectivity index (χ0n) is 11.5. The van der Waals surface area contributed by atoms with E-state index in [4.69, 9.17) is 5.73 Å². The van der Waals surface area contributed by atoms with E-state index in [1.165, 1.54) is 0 Å². The molecule has 0 heterocycles. The lowest BCUT2D eigenvalue weighted by Gasteiger charge is -2.19. The van der Waals surface area contributed by atoms with E-state index in [0.717, 1.165) is 18.5 Å². The molecule has 0 saturated carbocycles. The maximum Gasteiger partial charge on any atom is 0.180 e. The lowest BCUT2D eigenvalue weighted by molar-refractivity contribution is -0.114. The summed E-state index contributed by atoms with van der Waals surface area (Å²) < 4.78 is 0. The van der Waals surface area contributed by atoms with E-state index < -0.39 is 6.04 Å². The van der Waals surface area contributed by atoms with Crippen molar-refractivity contribution >= 4 is 17.8 Å². The standard InChI is InChI=1S/C14H21N3O2/c1-3-7-13(19)14(12(15)10-18)16-17(2)11-8-5-4-6-9-11/h5,8-10,12H,3-4,6-7,15H2,1-2H3/b16-14+. The molecule has 1 aliphatic carbocycles. The maximum absolute atomic E-state index is 11.9. The predicted octanol–water partition coefficient (Wildman–Crippen LogP) is 1.40. The van der Waals surface area contributed by atoms with Gasteiger partial charge in [-0.15, -0.1) is 0 Å². The Hall–Kier alpha value is -1.75. The number of likely N-dealkylation sites (N-methyl/N-ethyl adjacent to an activating group) is 1. The van der Waals surface area contributed by atoms with Crippen LogP contribution in [0.25, 0.3) is 0 Å². The minimum Gasteiger partial charge on any atom is -0.317 e. The number of Topliss-reactive ketones (excluding diaryl/α,β-unsaturated/α-hetero) is 1. The molecule has 2 N–H and O–H groups in total. The van der Waals surface area contributed by atoms with Gasteiger partial charge in [-0.3, -0.25) is 9.80 Å². The molecule has 1 rings (SSSR count). The fourth-order valence-electron chi connectivity index (χ4n) is 1.79. The summed E-state index contributed by atoms with van der Waals surface area (Å²) in [5, 5.41) is 5.81. The van der Waals surface area contributed by atoms with E-state index in [-0.39, 0.29) is 11.5 Å². The molecule has 19 heavy (non-hydrogen) atoms. The van der Waals surface area contributed by atoms with Crippen LogP contribution < -0.4 is 5.73 Å². The number of ketones is 1. The van der Waals surface area contributed by atoms with Crippen molar-refractivity contribution in [2.75, 3.05) is 7.05 Å². The van der Waals surface area contributed by atoms with Crippen LogP contribution in [0.5, 0.6) is 0 Å². The fourth-order valence-corrected chi connectivity index (χ4v) is 1.79. The van der Waals surface area contributed by atoms with Gasteiger partial charge in [0.1, 0.15) is 18.0 Å². The molecule has 0 bridgehead atoms.